The van der Waals surface area contributed by atoms with Crippen molar-refractivity contribution in [3.63, 3.8) is 0 Å². The van der Waals surface area contributed by atoms with E-state index in [9.17, 15) is 42.0 Å². The van der Waals surface area contributed by atoms with E-state index in [2.05, 4.69) is 0 Å². The smallest absolute Gasteiger partial charge is 0.303 e. The summed E-state index contributed by atoms with van der Waals surface area (Å²) >= 11 is 0. The maximum absolute atomic E-state index is 13.5. The van der Waals surface area contributed by atoms with E-state index in [1.807, 2.05) is 0 Å². The van der Waals surface area contributed by atoms with Crippen molar-refractivity contribution in [3.05, 3.63) is 0 Å². The lowest BCUT2D eigenvalue weighted by atomic mass is 10.0. The molecule has 0 aromatic heterocycles. The SMILES string of the molecule is CC(=O)OCC(OC(C)=O)C(OC(C)=O)C(OC(C)=O)C(OC(C)=O)[C@@H]1N(C(C)=O)[C@H](C(=O)N(C)C)CS1(=O)=O. The van der Waals surface area contributed by atoms with E-state index >= 15 is 0 Å². The molecular weight excluding hydrogens is 560 g/mol. The Hall–Kier alpha value is -3.76. The number of carbonyl (C=O) groups is 7. The van der Waals surface area contributed by atoms with E-state index in [0.717, 1.165) is 46.4 Å². The first-order valence-corrected chi connectivity index (χ1v) is 13.6. The summed E-state index contributed by atoms with van der Waals surface area (Å²) in [7, 11) is -1.85. The highest BCUT2D eigenvalue weighted by atomic mass is 32.2. The summed E-state index contributed by atoms with van der Waals surface area (Å²) in [4.78, 5) is 87.2. The maximum Gasteiger partial charge on any atom is 0.303 e. The van der Waals surface area contributed by atoms with Crippen LogP contribution in [0, 0.1) is 0 Å². The van der Waals surface area contributed by atoms with Crippen LogP contribution in [0.5, 0.6) is 0 Å². The Kier molecular flexibility index (Phi) is 12.0. The Morgan fingerprint density at radius 2 is 1.23 bits per heavy atom. The summed E-state index contributed by atoms with van der Waals surface area (Å²) < 4.78 is 52.8. The predicted molar refractivity (Wildman–Crippen MR) is 131 cm³/mol. The molecule has 0 radical (unpaired) electrons. The number of amides is 2. The predicted octanol–water partition coefficient (Wildman–Crippen LogP) is -1.66. The third kappa shape index (κ3) is 9.17. The molecule has 16 nitrogen and oxygen atoms in total. The van der Waals surface area contributed by atoms with Gasteiger partial charge in [-0.25, -0.2) is 8.42 Å². The minimum Gasteiger partial charge on any atom is -0.462 e. The van der Waals surface area contributed by atoms with Gasteiger partial charge in [-0.1, -0.05) is 0 Å². The van der Waals surface area contributed by atoms with Gasteiger partial charge in [-0.3, -0.25) is 33.6 Å². The fraction of sp³-hybridized carbons (Fsp3) is 0.696. The summed E-state index contributed by atoms with van der Waals surface area (Å²) in [6, 6.07) is -1.55. The Bertz CT molecular complexity index is 1130. The number of sulfone groups is 1. The van der Waals surface area contributed by atoms with Crippen molar-refractivity contribution in [2.45, 2.75) is 77.4 Å². The van der Waals surface area contributed by atoms with Crippen molar-refractivity contribution < 1.29 is 65.7 Å². The molecule has 1 heterocycles. The Labute approximate surface area is 231 Å². The minimum atomic E-state index is -4.52. The van der Waals surface area contributed by atoms with E-state index in [0.29, 0.717) is 4.90 Å². The first kappa shape index (κ1) is 34.3. The molecule has 1 saturated heterocycles. The molecule has 1 aliphatic rings. The van der Waals surface area contributed by atoms with E-state index in [1.54, 1.807) is 0 Å². The molecule has 40 heavy (non-hydrogen) atoms. The topological polar surface area (TPSA) is 206 Å². The van der Waals surface area contributed by atoms with Gasteiger partial charge in [0.1, 0.15) is 12.6 Å². The van der Waals surface area contributed by atoms with Crippen LogP contribution in [0.1, 0.15) is 41.5 Å². The second-order valence-electron chi connectivity index (χ2n) is 9.07. The molecule has 0 bridgehead atoms. The molecule has 0 aliphatic carbocycles. The van der Waals surface area contributed by atoms with Crippen LogP contribution in [0.25, 0.3) is 0 Å². The third-order valence-corrected chi connectivity index (χ3v) is 7.44. The first-order chi connectivity index (χ1) is 18.3. The second kappa shape index (κ2) is 14.0. The standard InChI is InChI=1S/C23H34N2O14S/c1-11(26)25-17(22(32)24(7)8)10-40(33,34)23(25)21(39-16(6)31)20(38-15(5)30)19(37-14(4)29)18(36-13(3)28)9-35-12(2)27/h17-21,23H,9-10H2,1-8H3/t17-,18?,19?,20?,21?,23+/m0/s1. The van der Waals surface area contributed by atoms with Crippen LogP contribution in [0.3, 0.4) is 0 Å². The largest absolute Gasteiger partial charge is 0.462 e. The van der Waals surface area contributed by atoms with Gasteiger partial charge in [-0.15, -0.1) is 0 Å². The quantitative estimate of drug-likeness (QED) is 0.194. The van der Waals surface area contributed by atoms with Crippen LogP contribution in [0.2, 0.25) is 0 Å². The Morgan fingerprint density at radius 3 is 1.62 bits per heavy atom. The van der Waals surface area contributed by atoms with Gasteiger partial charge in [-0.05, 0) is 0 Å². The average Bonchev–Trinajstić information content (AvgIpc) is 3.07. The van der Waals surface area contributed by atoms with Gasteiger partial charge in [0.15, 0.2) is 39.6 Å². The zero-order chi connectivity index (χ0) is 31.1. The molecule has 0 N–H and O–H groups in total. The lowest BCUT2D eigenvalue weighted by Gasteiger charge is -2.39. The molecular formula is C23H34N2O14S. The molecule has 17 heteroatoms. The van der Waals surface area contributed by atoms with Crippen LogP contribution < -0.4 is 0 Å². The van der Waals surface area contributed by atoms with Gasteiger partial charge in [0, 0.05) is 55.6 Å². The van der Waals surface area contributed by atoms with E-state index in [-0.39, 0.29) is 0 Å². The molecule has 1 fully saturated rings. The number of hydrogen-bond donors (Lipinski definition) is 0. The first-order valence-electron chi connectivity index (χ1n) is 11.8. The number of nitrogens with zero attached hydrogens (tertiary/aromatic N) is 2. The molecule has 2 amide bonds. The zero-order valence-electron chi connectivity index (χ0n) is 23.4. The van der Waals surface area contributed by atoms with Crippen molar-refractivity contribution in [2.24, 2.45) is 0 Å². The number of hydrogen-bond acceptors (Lipinski definition) is 14. The Balaban J connectivity index is 3.96. The van der Waals surface area contributed by atoms with Crippen LogP contribution >= 0.6 is 0 Å². The van der Waals surface area contributed by atoms with Crippen LogP contribution in [0.4, 0.5) is 0 Å². The van der Waals surface area contributed by atoms with Crippen molar-refractivity contribution in [1.82, 2.24) is 9.80 Å². The second-order valence-corrected chi connectivity index (χ2v) is 11.2. The Morgan fingerprint density at radius 1 is 0.750 bits per heavy atom. The van der Waals surface area contributed by atoms with Crippen molar-refractivity contribution in [3.8, 4) is 0 Å². The van der Waals surface area contributed by atoms with Crippen molar-refractivity contribution in [1.29, 1.82) is 0 Å². The molecule has 0 saturated carbocycles. The number of ether oxygens (including phenoxy) is 5. The average molecular weight is 595 g/mol. The van der Waals surface area contributed by atoms with Crippen molar-refractivity contribution >= 4 is 51.5 Å². The lowest BCUT2D eigenvalue weighted by molar-refractivity contribution is -0.205. The monoisotopic (exact) mass is 594 g/mol. The summed E-state index contributed by atoms with van der Waals surface area (Å²) in [5, 5.41) is -2.11. The number of esters is 5. The fourth-order valence-electron chi connectivity index (χ4n) is 4.15. The molecule has 4 unspecified atom stereocenters. The van der Waals surface area contributed by atoms with Crippen LogP contribution in [-0.4, -0.2) is 122 Å². The van der Waals surface area contributed by atoms with Gasteiger partial charge in [-0.2, -0.15) is 0 Å². The summed E-state index contributed by atoms with van der Waals surface area (Å²) in [6.07, 6.45) is -7.81. The molecule has 1 aliphatic heterocycles. The number of carbonyl (C=O) groups excluding carboxylic acids is 7. The van der Waals surface area contributed by atoms with Crippen LogP contribution in [-0.2, 0) is 67.1 Å². The van der Waals surface area contributed by atoms with Gasteiger partial charge in [0.2, 0.25) is 11.8 Å². The normalized spacial score (nSPS) is 20.6. The summed E-state index contributed by atoms with van der Waals surface area (Å²) in [5.74, 6) is -7.59. The minimum absolute atomic E-state index is 0.666. The molecule has 0 spiro atoms. The molecule has 226 valence electrons. The van der Waals surface area contributed by atoms with Gasteiger partial charge in [0.05, 0.1) is 5.75 Å². The zero-order valence-corrected chi connectivity index (χ0v) is 24.2. The highest BCUT2D eigenvalue weighted by Gasteiger charge is 2.59. The van der Waals surface area contributed by atoms with E-state index in [1.165, 1.54) is 14.1 Å². The lowest BCUT2D eigenvalue weighted by Crippen LogP contribution is -2.61. The maximum atomic E-state index is 13.5. The highest BCUT2D eigenvalue weighted by Crippen LogP contribution is 2.33. The van der Waals surface area contributed by atoms with Gasteiger partial charge >= 0.3 is 29.8 Å². The summed E-state index contributed by atoms with van der Waals surface area (Å²) in [6.45, 7) is 4.92. The molecule has 0 aromatic rings. The van der Waals surface area contributed by atoms with E-state index < -0.39 is 99.7 Å². The number of rotatable bonds is 11. The number of likely N-dealkylation sites (N-methyl/N-ethyl adjacent to an activating group) is 1. The fourth-order valence-corrected chi connectivity index (χ4v) is 6.35. The van der Waals surface area contributed by atoms with E-state index in [4.69, 9.17) is 23.7 Å². The van der Waals surface area contributed by atoms with Crippen LogP contribution in [0.15, 0.2) is 0 Å². The van der Waals surface area contributed by atoms with Gasteiger partial charge in [0.25, 0.3) is 0 Å². The van der Waals surface area contributed by atoms with Gasteiger partial charge < -0.3 is 33.5 Å². The molecule has 0 aromatic carbocycles. The molecule has 6 atom stereocenters. The highest BCUT2D eigenvalue weighted by molar-refractivity contribution is 7.92. The molecule has 1 rings (SSSR count). The van der Waals surface area contributed by atoms with Crippen molar-refractivity contribution in [2.75, 3.05) is 26.5 Å². The summed E-state index contributed by atoms with van der Waals surface area (Å²) in [5.41, 5.74) is 0. The third-order valence-electron chi connectivity index (χ3n) is 5.43.